The summed E-state index contributed by atoms with van der Waals surface area (Å²) in [5.74, 6) is -2.00. The zero-order chi connectivity index (χ0) is 26.0. The molecule has 2 aromatic carbocycles. The Kier molecular flexibility index (Phi) is 7.47. The number of esters is 1. The topological polar surface area (TPSA) is 101 Å². The molecular weight excluding hydrogens is 507 g/mol. The van der Waals surface area contributed by atoms with E-state index < -0.39 is 29.4 Å². The molecule has 0 amide bonds. The van der Waals surface area contributed by atoms with Crippen molar-refractivity contribution < 1.29 is 18.7 Å². The van der Waals surface area contributed by atoms with E-state index in [0.717, 1.165) is 11.1 Å². The molecule has 0 saturated carbocycles. The maximum absolute atomic E-state index is 13.1. The van der Waals surface area contributed by atoms with Gasteiger partial charge in [0.25, 0.3) is 5.56 Å². The largest absolute Gasteiger partial charge is 0.493 e. The number of benzene rings is 2. The molecule has 0 saturated heterocycles. The highest BCUT2D eigenvalue weighted by atomic mass is 35.5. The molecule has 2 aromatic heterocycles. The molecule has 0 fully saturated rings. The number of carbonyl (C=O) groups is 1. The Hall–Kier alpha value is -3.62. The fraction of sp³-hybridized carbons (Fsp3) is 0.231. The third kappa shape index (κ3) is 5.01. The number of nitrogens with zero attached hydrogens (tertiary/aromatic N) is 2. The maximum Gasteiger partial charge on any atom is 0.423 e. The minimum atomic E-state index is -1.27. The summed E-state index contributed by atoms with van der Waals surface area (Å²) < 4.78 is 16.9. The lowest BCUT2D eigenvalue weighted by Gasteiger charge is -2.26. The molecule has 2 atom stereocenters. The van der Waals surface area contributed by atoms with Crippen molar-refractivity contribution in [2.24, 2.45) is 0 Å². The first-order chi connectivity index (χ1) is 17.2. The summed E-state index contributed by atoms with van der Waals surface area (Å²) in [6.07, 6.45) is 0.671. The number of pyridine rings is 1. The van der Waals surface area contributed by atoms with E-state index in [4.69, 9.17) is 37.1 Å². The van der Waals surface area contributed by atoms with Gasteiger partial charge in [-0.25, -0.2) is 19.1 Å². The molecule has 186 valence electrons. The zero-order valence-electron chi connectivity index (χ0n) is 19.6. The van der Waals surface area contributed by atoms with Gasteiger partial charge in [0, 0.05) is 28.2 Å². The van der Waals surface area contributed by atoms with Crippen molar-refractivity contribution in [3.05, 3.63) is 103 Å². The minimum absolute atomic E-state index is 0.0919. The molecule has 0 aliphatic carbocycles. The van der Waals surface area contributed by atoms with Crippen molar-refractivity contribution in [2.75, 3.05) is 7.11 Å². The van der Waals surface area contributed by atoms with Gasteiger partial charge in [0.1, 0.15) is 12.1 Å². The number of methoxy groups -OCH3 is 1. The van der Waals surface area contributed by atoms with Crippen LogP contribution >= 0.6 is 23.2 Å². The molecule has 0 N–H and O–H groups in total. The van der Waals surface area contributed by atoms with Crippen LogP contribution < -0.4 is 16.1 Å². The summed E-state index contributed by atoms with van der Waals surface area (Å²) in [6, 6.07) is 14.6. The monoisotopic (exact) mass is 528 g/mol. The summed E-state index contributed by atoms with van der Waals surface area (Å²) in [6.45, 7) is 3.12. The summed E-state index contributed by atoms with van der Waals surface area (Å²) in [5.41, 5.74) is 0.693. The normalized spacial score (nSPS) is 12.9. The molecule has 4 rings (SSSR count). The van der Waals surface area contributed by atoms with Crippen molar-refractivity contribution in [1.29, 1.82) is 0 Å². The highest BCUT2D eigenvalue weighted by Gasteiger charge is 2.30. The van der Waals surface area contributed by atoms with Crippen LogP contribution in [-0.2, 0) is 9.53 Å². The Morgan fingerprint density at radius 2 is 1.50 bits per heavy atom. The standard InChI is InChI=1S/C26H22Cl2N2O6/c1-14(30-24(31)22-23(36-26(30)33)20(34-3)12-13-29-22)25(32)35-15(2)21(16-4-8-18(27)9-5-16)17-6-10-19(28)11-7-17/h4-15,21H,1-3H3/t14-,15-/m0/s1. The smallest absolute Gasteiger partial charge is 0.423 e. The van der Waals surface area contributed by atoms with Crippen molar-refractivity contribution >= 4 is 40.3 Å². The predicted octanol–water partition coefficient (Wildman–Crippen LogP) is 4.99. The van der Waals surface area contributed by atoms with E-state index in [9.17, 15) is 14.4 Å². The molecule has 0 spiro atoms. The lowest BCUT2D eigenvalue weighted by molar-refractivity contribution is -0.152. The predicted molar refractivity (Wildman–Crippen MR) is 136 cm³/mol. The van der Waals surface area contributed by atoms with Gasteiger partial charge in [0.2, 0.25) is 5.58 Å². The molecule has 0 unspecified atom stereocenters. The first-order valence-corrected chi connectivity index (χ1v) is 11.8. The number of hydrogen-bond acceptors (Lipinski definition) is 7. The molecule has 10 heteroatoms. The van der Waals surface area contributed by atoms with Crippen molar-refractivity contribution in [1.82, 2.24) is 9.55 Å². The van der Waals surface area contributed by atoms with E-state index >= 15 is 0 Å². The van der Waals surface area contributed by atoms with Gasteiger partial charge >= 0.3 is 11.7 Å². The van der Waals surface area contributed by atoms with Crippen molar-refractivity contribution in [3.63, 3.8) is 0 Å². The highest BCUT2D eigenvalue weighted by Crippen LogP contribution is 2.32. The second-order valence-electron chi connectivity index (χ2n) is 8.13. The molecule has 4 aromatic rings. The van der Waals surface area contributed by atoms with E-state index in [1.807, 2.05) is 24.3 Å². The van der Waals surface area contributed by atoms with Gasteiger partial charge < -0.3 is 13.9 Å². The fourth-order valence-electron chi connectivity index (χ4n) is 4.04. The van der Waals surface area contributed by atoms with Crippen LogP contribution in [0.3, 0.4) is 0 Å². The van der Waals surface area contributed by atoms with Crippen LogP contribution in [0.4, 0.5) is 0 Å². The third-order valence-corrected chi connectivity index (χ3v) is 6.36. The van der Waals surface area contributed by atoms with Crippen molar-refractivity contribution in [3.8, 4) is 5.75 Å². The Bertz CT molecular complexity index is 1470. The summed E-state index contributed by atoms with van der Waals surface area (Å²) in [5, 5.41) is 1.14. The minimum Gasteiger partial charge on any atom is -0.493 e. The Morgan fingerprint density at radius 1 is 0.944 bits per heavy atom. The van der Waals surface area contributed by atoms with Crippen LogP contribution in [0.2, 0.25) is 10.0 Å². The summed E-state index contributed by atoms with van der Waals surface area (Å²) in [7, 11) is 1.37. The summed E-state index contributed by atoms with van der Waals surface area (Å²) >= 11 is 12.1. The summed E-state index contributed by atoms with van der Waals surface area (Å²) in [4.78, 5) is 42.9. The molecule has 36 heavy (non-hydrogen) atoms. The molecule has 0 aliphatic heterocycles. The van der Waals surface area contributed by atoms with Crippen LogP contribution in [0.25, 0.3) is 11.1 Å². The first kappa shape index (κ1) is 25.5. The van der Waals surface area contributed by atoms with E-state index in [1.165, 1.54) is 26.3 Å². The lowest BCUT2D eigenvalue weighted by atomic mass is 9.87. The van der Waals surface area contributed by atoms with Crippen LogP contribution in [0.5, 0.6) is 5.75 Å². The maximum atomic E-state index is 13.1. The molecule has 0 bridgehead atoms. The highest BCUT2D eigenvalue weighted by molar-refractivity contribution is 6.30. The lowest BCUT2D eigenvalue weighted by Crippen LogP contribution is -2.40. The number of aromatic nitrogens is 2. The Morgan fingerprint density at radius 3 is 2.03 bits per heavy atom. The second-order valence-corrected chi connectivity index (χ2v) is 9.01. The first-order valence-electron chi connectivity index (χ1n) is 11.0. The third-order valence-electron chi connectivity index (χ3n) is 5.85. The second kappa shape index (κ2) is 10.6. The van der Waals surface area contributed by atoms with E-state index in [-0.39, 0.29) is 22.8 Å². The van der Waals surface area contributed by atoms with Gasteiger partial charge in [-0.1, -0.05) is 47.5 Å². The Balaban J connectivity index is 1.67. The van der Waals surface area contributed by atoms with Crippen molar-refractivity contribution in [2.45, 2.75) is 31.9 Å². The van der Waals surface area contributed by atoms with Crippen LogP contribution in [0, 0.1) is 0 Å². The van der Waals surface area contributed by atoms with Gasteiger partial charge in [-0.05, 0) is 49.2 Å². The number of rotatable bonds is 7. The molecule has 0 radical (unpaired) electrons. The van der Waals surface area contributed by atoms with E-state index in [1.54, 1.807) is 31.2 Å². The number of ether oxygens (including phenoxy) is 2. The zero-order valence-corrected chi connectivity index (χ0v) is 21.1. The molecular formula is C26H22Cl2N2O6. The average molecular weight is 529 g/mol. The number of carbonyl (C=O) groups excluding carboxylic acids is 1. The quantitative estimate of drug-likeness (QED) is 0.311. The van der Waals surface area contributed by atoms with E-state index in [2.05, 4.69) is 4.98 Å². The van der Waals surface area contributed by atoms with Crippen LogP contribution in [0.1, 0.15) is 36.9 Å². The molecule has 8 nitrogen and oxygen atoms in total. The van der Waals surface area contributed by atoms with Gasteiger partial charge in [-0.15, -0.1) is 0 Å². The van der Waals surface area contributed by atoms with Crippen LogP contribution in [-0.4, -0.2) is 28.7 Å². The number of hydrogen-bond donors (Lipinski definition) is 0. The van der Waals surface area contributed by atoms with Gasteiger partial charge in [0.15, 0.2) is 11.3 Å². The van der Waals surface area contributed by atoms with E-state index in [0.29, 0.717) is 14.6 Å². The number of fused-ring (bicyclic) bond motifs is 1. The number of halogens is 2. The SMILES string of the molecule is COc1ccnc2c(=O)n([C@@H](C)C(=O)O[C@@H](C)C(c3ccc(Cl)cc3)c3ccc(Cl)cc3)c(=O)oc12. The van der Waals surface area contributed by atoms with Gasteiger partial charge in [-0.3, -0.25) is 4.79 Å². The Labute approximate surface area is 216 Å². The molecule has 0 aliphatic rings. The van der Waals surface area contributed by atoms with Crippen LogP contribution in [0.15, 0.2) is 74.8 Å². The fourth-order valence-corrected chi connectivity index (χ4v) is 4.29. The average Bonchev–Trinajstić information content (AvgIpc) is 2.86. The van der Waals surface area contributed by atoms with Gasteiger partial charge in [-0.2, -0.15) is 0 Å². The molecule has 2 heterocycles. The van der Waals surface area contributed by atoms with Gasteiger partial charge in [0.05, 0.1) is 7.11 Å².